The second-order valence-corrected chi connectivity index (χ2v) is 9.76. The van der Waals surface area contributed by atoms with Crippen molar-refractivity contribution < 1.29 is 22.4 Å². The molecule has 2 amide bonds. The van der Waals surface area contributed by atoms with E-state index in [1.54, 1.807) is 55.5 Å². The first-order chi connectivity index (χ1) is 15.6. The normalized spacial score (nSPS) is 12.1. The van der Waals surface area contributed by atoms with Crippen LogP contribution in [-0.2, 0) is 26.2 Å². The van der Waals surface area contributed by atoms with Gasteiger partial charge in [0.2, 0.25) is 21.8 Å². The second kappa shape index (κ2) is 12.3. The summed E-state index contributed by atoms with van der Waals surface area (Å²) < 4.78 is 40.0. The highest BCUT2D eigenvalue weighted by molar-refractivity contribution is 7.92. The van der Waals surface area contributed by atoms with Crippen LogP contribution in [0.1, 0.15) is 38.7 Å². The van der Waals surface area contributed by atoms with E-state index < -0.39 is 21.9 Å². The van der Waals surface area contributed by atoms with Crippen LogP contribution in [0.4, 0.5) is 10.1 Å². The van der Waals surface area contributed by atoms with Gasteiger partial charge in [0.15, 0.2) is 0 Å². The third kappa shape index (κ3) is 7.85. The van der Waals surface area contributed by atoms with E-state index in [9.17, 15) is 22.4 Å². The van der Waals surface area contributed by atoms with Gasteiger partial charge in [-0.05, 0) is 38.0 Å². The van der Waals surface area contributed by atoms with Gasteiger partial charge in [-0.3, -0.25) is 13.9 Å². The predicted molar refractivity (Wildman–Crippen MR) is 128 cm³/mol. The van der Waals surface area contributed by atoms with Crippen molar-refractivity contribution >= 4 is 27.5 Å². The monoisotopic (exact) mass is 477 g/mol. The Labute approximate surface area is 195 Å². The number of carbonyl (C=O) groups excluding carboxylic acids is 2. The van der Waals surface area contributed by atoms with Gasteiger partial charge in [0, 0.05) is 31.6 Å². The zero-order valence-electron chi connectivity index (χ0n) is 19.3. The number of hydrogen-bond donors (Lipinski definition) is 1. The fourth-order valence-electron chi connectivity index (χ4n) is 3.39. The van der Waals surface area contributed by atoms with Crippen molar-refractivity contribution in [3.63, 3.8) is 0 Å². The fraction of sp³-hybridized carbons (Fsp3) is 0.417. The lowest BCUT2D eigenvalue weighted by atomic mass is 10.1. The predicted octanol–water partition coefficient (Wildman–Crippen LogP) is 3.32. The Kier molecular flexibility index (Phi) is 9.84. The van der Waals surface area contributed by atoms with Crippen molar-refractivity contribution in [2.24, 2.45) is 0 Å². The molecule has 0 aliphatic rings. The molecule has 1 atom stereocenters. The van der Waals surface area contributed by atoms with Crippen LogP contribution >= 0.6 is 0 Å². The topological polar surface area (TPSA) is 86.8 Å². The molecule has 2 rings (SSSR count). The van der Waals surface area contributed by atoms with Crippen LogP contribution in [0.5, 0.6) is 0 Å². The van der Waals surface area contributed by atoms with Gasteiger partial charge in [0.25, 0.3) is 0 Å². The summed E-state index contributed by atoms with van der Waals surface area (Å²) in [6, 6.07) is 14.0. The summed E-state index contributed by atoms with van der Waals surface area (Å²) in [6.45, 7) is 4.06. The van der Waals surface area contributed by atoms with Crippen molar-refractivity contribution in [1.29, 1.82) is 0 Å². The maximum atomic E-state index is 14.2. The lowest BCUT2D eigenvalue weighted by molar-refractivity contribution is -0.140. The molecule has 0 radical (unpaired) electrons. The molecule has 9 heteroatoms. The highest BCUT2D eigenvalue weighted by Crippen LogP contribution is 2.19. The molecule has 7 nitrogen and oxygen atoms in total. The lowest BCUT2D eigenvalue weighted by Crippen LogP contribution is -2.48. The molecule has 0 heterocycles. The number of nitrogens with zero attached hydrogens (tertiary/aromatic N) is 2. The van der Waals surface area contributed by atoms with Crippen molar-refractivity contribution in [3.8, 4) is 0 Å². The largest absolute Gasteiger partial charge is 0.354 e. The molecular formula is C24H32FN3O4S. The first-order valence-corrected chi connectivity index (χ1v) is 12.8. The summed E-state index contributed by atoms with van der Waals surface area (Å²) in [6.07, 6.45) is 2.13. The molecule has 0 fully saturated rings. The van der Waals surface area contributed by atoms with Gasteiger partial charge in [-0.15, -0.1) is 0 Å². The number of benzene rings is 2. The molecule has 0 spiro atoms. The first kappa shape index (κ1) is 26.3. The van der Waals surface area contributed by atoms with E-state index in [-0.39, 0.29) is 37.7 Å². The van der Waals surface area contributed by atoms with Crippen LogP contribution in [0.15, 0.2) is 54.6 Å². The average Bonchev–Trinajstić information content (AvgIpc) is 2.78. The van der Waals surface area contributed by atoms with Gasteiger partial charge >= 0.3 is 0 Å². The van der Waals surface area contributed by atoms with E-state index >= 15 is 0 Å². The summed E-state index contributed by atoms with van der Waals surface area (Å²) in [5, 5.41) is 2.77. The molecule has 0 unspecified atom stereocenters. The number of para-hydroxylation sites is 1. The van der Waals surface area contributed by atoms with Crippen LogP contribution in [0.3, 0.4) is 0 Å². The third-order valence-electron chi connectivity index (χ3n) is 5.21. The number of sulfonamides is 1. The molecule has 1 N–H and O–H groups in total. The van der Waals surface area contributed by atoms with Crippen molar-refractivity contribution in [2.75, 3.05) is 23.7 Å². The molecule has 33 heavy (non-hydrogen) atoms. The summed E-state index contributed by atoms with van der Waals surface area (Å²) in [5.74, 6) is -1.12. The van der Waals surface area contributed by atoms with E-state index in [0.717, 1.165) is 12.7 Å². The Morgan fingerprint density at radius 3 is 2.30 bits per heavy atom. The lowest BCUT2D eigenvalue weighted by Gasteiger charge is -2.29. The SMILES string of the molecule is CCCNC(=O)[C@@H](C)N(Cc1ccccc1F)C(=O)CCCN(c1ccccc1)S(C)(=O)=O. The quantitative estimate of drug-likeness (QED) is 0.508. The van der Waals surface area contributed by atoms with Crippen LogP contribution in [-0.4, -0.2) is 50.5 Å². The van der Waals surface area contributed by atoms with Crippen molar-refractivity contribution in [3.05, 3.63) is 66.0 Å². The number of nitrogens with one attached hydrogen (secondary N) is 1. The van der Waals surface area contributed by atoms with Crippen LogP contribution in [0, 0.1) is 5.82 Å². The van der Waals surface area contributed by atoms with Crippen molar-refractivity contribution in [2.45, 2.75) is 45.7 Å². The number of rotatable bonds is 12. The first-order valence-electron chi connectivity index (χ1n) is 11.0. The number of halogens is 1. The molecular weight excluding hydrogens is 445 g/mol. The maximum absolute atomic E-state index is 14.2. The smallest absolute Gasteiger partial charge is 0.242 e. The standard InChI is InChI=1S/C24H32FN3O4S/c1-4-16-26-24(30)19(2)27(18-20-11-8-9-14-22(20)25)23(29)15-10-17-28(33(3,31)32)21-12-6-5-7-13-21/h5-9,11-14,19H,4,10,15-18H2,1-3H3,(H,26,30)/t19-/m1/s1. The molecule has 0 saturated heterocycles. The number of hydrogen-bond acceptors (Lipinski definition) is 4. The van der Waals surface area contributed by atoms with Gasteiger partial charge < -0.3 is 10.2 Å². The van der Waals surface area contributed by atoms with Gasteiger partial charge in [-0.2, -0.15) is 0 Å². The number of anilines is 1. The molecule has 0 aliphatic heterocycles. The van der Waals surface area contributed by atoms with Gasteiger partial charge in [0.1, 0.15) is 11.9 Å². The van der Waals surface area contributed by atoms with Crippen LogP contribution in [0.25, 0.3) is 0 Å². The van der Waals surface area contributed by atoms with Gasteiger partial charge in [0.05, 0.1) is 11.9 Å². The van der Waals surface area contributed by atoms with Crippen LogP contribution < -0.4 is 9.62 Å². The second-order valence-electron chi connectivity index (χ2n) is 7.85. The molecule has 180 valence electrons. The van der Waals surface area contributed by atoms with E-state index in [2.05, 4.69) is 5.32 Å². The zero-order valence-corrected chi connectivity index (χ0v) is 20.1. The van der Waals surface area contributed by atoms with Gasteiger partial charge in [-0.25, -0.2) is 12.8 Å². The molecule has 0 saturated carbocycles. The Balaban J connectivity index is 2.14. The molecule has 0 aromatic heterocycles. The third-order valence-corrected chi connectivity index (χ3v) is 6.41. The van der Waals surface area contributed by atoms with Crippen LogP contribution in [0.2, 0.25) is 0 Å². The Morgan fingerprint density at radius 1 is 1.06 bits per heavy atom. The van der Waals surface area contributed by atoms with E-state index in [1.807, 2.05) is 6.92 Å². The van der Waals surface area contributed by atoms with E-state index in [1.165, 1.54) is 15.3 Å². The van der Waals surface area contributed by atoms with E-state index in [4.69, 9.17) is 0 Å². The highest BCUT2D eigenvalue weighted by atomic mass is 32.2. The molecule has 0 bridgehead atoms. The van der Waals surface area contributed by atoms with Crippen molar-refractivity contribution in [1.82, 2.24) is 10.2 Å². The maximum Gasteiger partial charge on any atom is 0.242 e. The fourth-order valence-corrected chi connectivity index (χ4v) is 4.35. The Hall–Kier alpha value is -2.94. The highest BCUT2D eigenvalue weighted by Gasteiger charge is 2.27. The zero-order chi connectivity index (χ0) is 24.4. The Morgan fingerprint density at radius 2 is 1.70 bits per heavy atom. The number of amides is 2. The molecule has 2 aromatic rings. The summed E-state index contributed by atoms with van der Waals surface area (Å²) in [4.78, 5) is 27.0. The minimum Gasteiger partial charge on any atom is -0.354 e. The summed E-state index contributed by atoms with van der Waals surface area (Å²) >= 11 is 0. The average molecular weight is 478 g/mol. The van der Waals surface area contributed by atoms with Gasteiger partial charge in [-0.1, -0.05) is 43.3 Å². The van der Waals surface area contributed by atoms with E-state index in [0.29, 0.717) is 17.8 Å². The summed E-state index contributed by atoms with van der Waals surface area (Å²) in [7, 11) is -3.54. The minimum atomic E-state index is -3.54. The summed E-state index contributed by atoms with van der Waals surface area (Å²) in [5.41, 5.74) is 0.825. The molecule has 0 aliphatic carbocycles. The minimum absolute atomic E-state index is 0.0126. The Bertz CT molecular complexity index is 1030. The molecule has 2 aromatic carbocycles. The number of carbonyl (C=O) groups is 2.